The van der Waals surface area contributed by atoms with Gasteiger partial charge in [-0.15, -0.1) is 0 Å². The molecular formula is C26H21NO2. The summed E-state index contributed by atoms with van der Waals surface area (Å²) in [6, 6.07) is 21.8. The third-order valence-electron chi connectivity index (χ3n) is 6.11. The Balaban J connectivity index is 1.50. The number of benzene rings is 3. The van der Waals surface area contributed by atoms with Crippen LogP contribution in [0.3, 0.4) is 0 Å². The zero-order valence-corrected chi connectivity index (χ0v) is 16.2. The van der Waals surface area contributed by atoms with Crippen LogP contribution in [0.15, 0.2) is 66.7 Å². The summed E-state index contributed by atoms with van der Waals surface area (Å²) in [6.07, 6.45) is 4.16. The Hall–Kier alpha value is -3.38. The second-order valence-corrected chi connectivity index (χ2v) is 8.06. The van der Waals surface area contributed by atoms with Crippen molar-refractivity contribution < 1.29 is 9.53 Å². The summed E-state index contributed by atoms with van der Waals surface area (Å²) >= 11 is 0. The SMILES string of the molecule is [C-]#[N+]c1cccc(-c2ccc3c(c2)C(=O)CC2(CCCc4ccccc4C2)O3)c1. The molecule has 1 aliphatic carbocycles. The molecule has 1 spiro atoms. The molecule has 0 amide bonds. The second kappa shape index (κ2) is 6.90. The molecule has 1 unspecified atom stereocenters. The fourth-order valence-electron chi connectivity index (χ4n) is 4.68. The standard InChI is InChI=1S/C26H21NO2/c1-27-22-10-4-8-19(14-22)20-11-12-25-23(15-20)24(28)17-26(29-25)13-5-9-18-6-2-3-7-21(18)16-26/h2-4,6-8,10-12,14-15H,5,9,13,16-17H2. The molecule has 3 heteroatoms. The average molecular weight is 379 g/mol. The van der Waals surface area contributed by atoms with E-state index in [1.807, 2.05) is 36.4 Å². The molecule has 142 valence electrons. The van der Waals surface area contributed by atoms with Crippen molar-refractivity contribution >= 4 is 11.5 Å². The van der Waals surface area contributed by atoms with Crippen molar-refractivity contribution in [2.45, 2.75) is 37.7 Å². The second-order valence-electron chi connectivity index (χ2n) is 8.06. The molecule has 1 heterocycles. The molecule has 0 radical (unpaired) electrons. The first-order valence-electron chi connectivity index (χ1n) is 10.1. The molecule has 0 fully saturated rings. The first-order chi connectivity index (χ1) is 14.2. The summed E-state index contributed by atoms with van der Waals surface area (Å²) in [7, 11) is 0. The van der Waals surface area contributed by atoms with Crippen LogP contribution < -0.4 is 4.74 Å². The van der Waals surface area contributed by atoms with Crippen LogP contribution in [0.4, 0.5) is 5.69 Å². The highest BCUT2D eigenvalue weighted by molar-refractivity contribution is 6.01. The number of fused-ring (bicyclic) bond motifs is 2. The van der Waals surface area contributed by atoms with E-state index in [0.29, 0.717) is 23.4 Å². The van der Waals surface area contributed by atoms with E-state index in [-0.39, 0.29) is 5.78 Å². The van der Waals surface area contributed by atoms with E-state index in [4.69, 9.17) is 11.3 Å². The minimum atomic E-state index is -0.442. The predicted molar refractivity (Wildman–Crippen MR) is 114 cm³/mol. The van der Waals surface area contributed by atoms with Gasteiger partial charge < -0.3 is 4.74 Å². The van der Waals surface area contributed by atoms with Gasteiger partial charge in [0.25, 0.3) is 0 Å². The largest absolute Gasteiger partial charge is 0.486 e. The molecule has 29 heavy (non-hydrogen) atoms. The van der Waals surface area contributed by atoms with Gasteiger partial charge in [0.2, 0.25) is 0 Å². The molecular weight excluding hydrogens is 358 g/mol. The zero-order chi connectivity index (χ0) is 19.8. The molecule has 0 saturated carbocycles. The highest BCUT2D eigenvalue weighted by Crippen LogP contribution is 2.42. The molecule has 3 nitrogen and oxygen atoms in total. The number of ether oxygens (including phenoxy) is 1. The molecule has 3 aromatic carbocycles. The van der Waals surface area contributed by atoms with E-state index >= 15 is 0 Å². The predicted octanol–water partition coefficient (Wildman–Crippen LogP) is 6.19. The molecule has 0 aromatic heterocycles. The first-order valence-corrected chi connectivity index (χ1v) is 10.1. The lowest BCUT2D eigenvalue weighted by Gasteiger charge is -2.37. The lowest BCUT2D eigenvalue weighted by Crippen LogP contribution is -2.43. The number of aryl methyl sites for hydroxylation is 1. The normalized spacial score (nSPS) is 20.2. The van der Waals surface area contributed by atoms with Crippen LogP contribution in [0.1, 0.15) is 40.7 Å². The minimum absolute atomic E-state index is 0.147. The van der Waals surface area contributed by atoms with Gasteiger partial charge in [-0.1, -0.05) is 48.5 Å². The maximum absolute atomic E-state index is 13.2. The van der Waals surface area contributed by atoms with E-state index < -0.39 is 5.60 Å². The summed E-state index contributed by atoms with van der Waals surface area (Å²) in [5, 5.41) is 0. The van der Waals surface area contributed by atoms with Gasteiger partial charge >= 0.3 is 0 Å². The fourth-order valence-corrected chi connectivity index (χ4v) is 4.68. The smallest absolute Gasteiger partial charge is 0.187 e. The van der Waals surface area contributed by atoms with E-state index in [1.165, 1.54) is 11.1 Å². The molecule has 0 N–H and O–H groups in total. The van der Waals surface area contributed by atoms with Gasteiger partial charge in [-0.2, -0.15) is 0 Å². The van der Waals surface area contributed by atoms with Crippen LogP contribution in [0.5, 0.6) is 5.75 Å². The summed E-state index contributed by atoms with van der Waals surface area (Å²) in [5.74, 6) is 0.833. The fraction of sp³-hybridized carbons (Fsp3) is 0.231. The van der Waals surface area contributed by atoms with Crippen molar-refractivity contribution in [1.82, 2.24) is 0 Å². The third kappa shape index (κ3) is 3.21. The van der Waals surface area contributed by atoms with Gasteiger partial charge in [0, 0.05) is 6.42 Å². The van der Waals surface area contributed by atoms with Crippen molar-refractivity contribution in [3.05, 3.63) is 94.8 Å². The molecule has 2 aliphatic rings. The monoisotopic (exact) mass is 379 g/mol. The molecule has 1 aliphatic heterocycles. The van der Waals surface area contributed by atoms with Crippen LogP contribution >= 0.6 is 0 Å². The Morgan fingerprint density at radius 2 is 1.72 bits per heavy atom. The molecule has 0 bridgehead atoms. The lowest BCUT2D eigenvalue weighted by molar-refractivity contribution is 0.0349. The van der Waals surface area contributed by atoms with Crippen molar-refractivity contribution in [2.75, 3.05) is 0 Å². The van der Waals surface area contributed by atoms with Gasteiger partial charge in [0.05, 0.1) is 18.6 Å². The summed E-state index contributed by atoms with van der Waals surface area (Å²) in [5.41, 5.74) is 5.36. The number of carbonyl (C=O) groups is 1. The van der Waals surface area contributed by atoms with Crippen LogP contribution in [0.2, 0.25) is 0 Å². The number of carbonyl (C=O) groups excluding carboxylic acids is 1. The summed E-state index contributed by atoms with van der Waals surface area (Å²) in [6.45, 7) is 7.22. The maximum atomic E-state index is 13.2. The lowest BCUT2D eigenvalue weighted by atomic mass is 9.82. The van der Waals surface area contributed by atoms with E-state index in [2.05, 4.69) is 29.1 Å². The van der Waals surface area contributed by atoms with E-state index in [0.717, 1.165) is 36.8 Å². The van der Waals surface area contributed by atoms with Gasteiger partial charge in [0.1, 0.15) is 11.4 Å². The van der Waals surface area contributed by atoms with Crippen molar-refractivity contribution in [2.24, 2.45) is 0 Å². The number of nitrogens with zero attached hydrogens (tertiary/aromatic N) is 1. The van der Waals surface area contributed by atoms with Crippen molar-refractivity contribution in [3.8, 4) is 16.9 Å². The highest BCUT2D eigenvalue weighted by atomic mass is 16.5. The van der Waals surface area contributed by atoms with E-state index in [9.17, 15) is 4.79 Å². The number of hydrogen-bond donors (Lipinski definition) is 0. The number of Topliss-reactive ketones (excluding diaryl/α,β-unsaturated/α-hetero) is 1. The number of hydrogen-bond acceptors (Lipinski definition) is 2. The average Bonchev–Trinajstić information content (AvgIpc) is 2.92. The Morgan fingerprint density at radius 3 is 2.59 bits per heavy atom. The molecule has 3 aromatic rings. The van der Waals surface area contributed by atoms with Gasteiger partial charge in [-0.3, -0.25) is 4.79 Å². The van der Waals surface area contributed by atoms with Crippen LogP contribution in [0, 0.1) is 6.57 Å². The molecule has 1 atom stereocenters. The first kappa shape index (κ1) is 17.7. The van der Waals surface area contributed by atoms with Crippen molar-refractivity contribution in [3.63, 3.8) is 0 Å². The zero-order valence-electron chi connectivity index (χ0n) is 16.2. The number of ketones is 1. The van der Waals surface area contributed by atoms with Crippen LogP contribution in [0.25, 0.3) is 16.0 Å². The Kier molecular flexibility index (Phi) is 4.21. The third-order valence-corrected chi connectivity index (χ3v) is 6.11. The quantitative estimate of drug-likeness (QED) is 0.472. The van der Waals surface area contributed by atoms with Crippen LogP contribution in [-0.4, -0.2) is 11.4 Å². The topological polar surface area (TPSA) is 30.7 Å². The summed E-state index contributed by atoms with van der Waals surface area (Å²) < 4.78 is 6.53. The Morgan fingerprint density at radius 1 is 0.897 bits per heavy atom. The summed E-state index contributed by atoms with van der Waals surface area (Å²) in [4.78, 5) is 16.7. The van der Waals surface area contributed by atoms with Gasteiger partial charge in [0.15, 0.2) is 11.5 Å². The van der Waals surface area contributed by atoms with Crippen molar-refractivity contribution in [1.29, 1.82) is 0 Å². The highest BCUT2D eigenvalue weighted by Gasteiger charge is 2.41. The van der Waals surface area contributed by atoms with Crippen LogP contribution in [-0.2, 0) is 12.8 Å². The molecule has 5 rings (SSSR count). The van der Waals surface area contributed by atoms with Gasteiger partial charge in [-0.25, -0.2) is 4.85 Å². The minimum Gasteiger partial charge on any atom is -0.486 e. The maximum Gasteiger partial charge on any atom is 0.187 e. The Labute approximate surface area is 170 Å². The Bertz CT molecular complexity index is 1160. The number of rotatable bonds is 1. The van der Waals surface area contributed by atoms with E-state index in [1.54, 1.807) is 6.07 Å². The molecule has 0 saturated heterocycles. The van der Waals surface area contributed by atoms with Gasteiger partial charge in [-0.05, 0) is 59.7 Å².